The van der Waals surface area contributed by atoms with Gasteiger partial charge in [0.2, 0.25) is 15.9 Å². The second-order valence-corrected chi connectivity index (χ2v) is 7.48. The number of aromatic nitrogens is 2. The first-order valence-corrected chi connectivity index (χ1v) is 9.76. The van der Waals surface area contributed by atoms with Crippen LogP contribution in [-0.2, 0) is 27.7 Å². The van der Waals surface area contributed by atoms with E-state index in [1.807, 2.05) is 6.92 Å². The number of carbonyl (C=O) groups excluding carboxylic acids is 1. The minimum absolute atomic E-state index is 0.00633. The van der Waals surface area contributed by atoms with Gasteiger partial charge in [-0.3, -0.25) is 4.79 Å². The summed E-state index contributed by atoms with van der Waals surface area (Å²) in [6.07, 6.45) is 0.599. The Balaban J connectivity index is 1.72. The van der Waals surface area contributed by atoms with Gasteiger partial charge >= 0.3 is 0 Å². The third-order valence-corrected chi connectivity index (χ3v) is 5.33. The van der Waals surface area contributed by atoms with Gasteiger partial charge in [0, 0.05) is 25.1 Å². The fraction of sp³-hybridized carbons (Fsp3) is 0.438. The topological polar surface area (TPSA) is 115 Å². The van der Waals surface area contributed by atoms with E-state index in [9.17, 15) is 13.2 Å². The molecule has 0 unspecified atom stereocenters. The summed E-state index contributed by atoms with van der Waals surface area (Å²) in [5.74, 6) is 0.484. The summed E-state index contributed by atoms with van der Waals surface area (Å²) >= 11 is 0. The van der Waals surface area contributed by atoms with Gasteiger partial charge in [-0.1, -0.05) is 18.1 Å². The molecule has 26 heavy (non-hydrogen) atoms. The van der Waals surface area contributed by atoms with E-state index in [0.717, 1.165) is 0 Å². The molecule has 0 bridgehead atoms. The van der Waals surface area contributed by atoms with Crippen molar-refractivity contribution in [1.29, 1.82) is 0 Å². The van der Waals surface area contributed by atoms with Gasteiger partial charge in [-0.15, -0.1) is 0 Å². The number of nitrogens with one attached hydrogen (secondary N) is 1. The fourth-order valence-corrected chi connectivity index (χ4v) is 3.51. The van der Waals surface area contributed by atoms with E-state index in [4.69, 9.17) is 9.26 Å². The average molecular weight is 380 g/mol. The molecule has 1 aliphatic rings. The van der Waals surface area contributed by atoms with Crippen molar-refractivity contribution in [2.45, 2.75) is 24.8 Å². The Kier molecular flexibility index (Phi) is 5.64. The van der Waals surface area contributed by atoms with Gasteiger partial charge in [-0.25, -0.2) is 13.1 Å². The number of ether oxygens (including phenoxy) is 1. The highest BCUT2D eigenvalue weighted by molar-refractivity contribution is 7.89. The summed E-state index contributed by atoms with van der Waals surface area (Å²) in [6.45, 7) is 3.70. The highest BCUT2D eigenvalue weighted by Crippen LogP contribution is 2.15. The fourth-order valence-electron chi connectivity index (χ4n) is 2.49. The van der Waals surface area contributed by atoms with Crippen LogP contribution < -0.4 is 4.72 Å². The largest absolute Gasteiger partial charge is 0.378 e. The minimum atomic E-state index is -3.82. The van der Waals surface area contributed by atoms with E-state index < -0.39 is 10.0 Å². The summed E-state index contributed by atoms with van der Waals surface area (Å²) in [7, 11) is -3.82. The standard InChI is InChI=1S/C16H20N4O5S/c1-2-14-18-15(25-19-14)11-17-26(22,23)13-5-3-4-12(10-13)16(21)20-6-8-24-9-7-20/h3-5,10,17H,2,6-9,11H2,1H3. The van der Waals surface area contributed by atoms with Gasteiger partial charge in [0.1, 0.15) is 0 Å². The maximum Gasteiger partial charge on any atom is 0.254 e. The lowest BCUT2D eigenvalue weighted by Crippen LogP contribution is -2.40. The molecule has 1 amide bonds. The van der Waals surface area contributed by atoms with Crippen LogP contribution in [0.4, 0.5) is 0 Å². The van der Waals surface area contributed by atoms with Crippen molar-refractivity contribution in [3.05, 3.63) is 41.5 Å². The second-order valence-electron chi connectivity index (χ2n) is 5.71. The van der Waals surface area contributed by atoms with Gasteiger partial charge < -0.3 is 14.2 Å². The molecule has 2 heterocycles. The number of nitrogens with zero attached hydrogens (tertiary/aromatic N) is 3. The number of carbonyl (C=O) groups is 1. The Labute approximate surface area is 151 Å². The highest BCUT2D eigenvalue weighted by atomic mass is 32.2. The first-order chi connectivity index (χ1) is 12.5. The van der Waals surface area contributed by atoms with Crippen LogP contribution in [0, 0.1) is 0 Å². The smallest absolute Gasteiger partial charge is 0.254 e. The molecule has 0 radical (unpaired) electrons. The molecule has 1 aliphatic heterocycles. The van der Waals surface area contributed by atoms with E-state index >= 15 is 0 Å². The molecule has 10 heteroatoms. The lowest BCUT2D eigenvalue weighted by molar-refractivity contribution is 0.0302. The SMILES string of the molecule is CCc1noc(CNS(=O)(=O)c2cccc(C(=O)N3CCOCC3)c2)n1. The lowest BCUT2D eigenvalue weighted by Gasteiger charge is -2.27. The predicted molar refractivity (Wildman–Crippen MR) is 90.9 cm³/mol. The quantitative estimate of drug-likeness (QED) is 0.779. The van der Waals surface area contributed by atoms with Crippen molar-refractivity contribution in [2.24, 2.45) is 0 Å². The van der Waals surface area contributed by atoms with Crippen LogP contribution in [0.1, 0.15) is 29.0 Å². The van der Waals surface area contributed by atoms with E-state index in [2.05, 4.69) is 14.9 Å². The maximum atomic E-state index is 12.5. The summed E-state index contributed by atoms with van der Waals surface area (Å²) in [6, 6.07) is 5.95. The molecule has 1 N–H and O–H groups in total. The zero-order valence-electron chi connectivity index (χ0n) is 14.3. The van der Waals surface area contributed by atoms with E-state index in [1.54, 1.807) is 17.0 Å². The number of hydrogen-bond acceptors (Lipinski definition) is 7. The molecule has 0 aliphatic carbocycles. The Morgan fingerprint density at radius 2 is 2.08 bits per heavy atom. The van der Waals surface area contributed by atoms with Gasteiger partial charge in [0.25, 0.3) is 5.91 Å². The number of hydrogen-bond donors (Lipinski definition) is 1. The van der Waals surface area contributed by atoms with Gasteiger partial charge in [0.05, 0.1) is 24.7 Å². The van der Waals surface area contributed by atoms with E-state index in [0.29, 0.717) is 44.1 Å². The van der Waals surface area contributed by atoms with Crippen LogP contribution in [0.5, 0.6) is 0 Å². The molecule has 1 aromatic carbocycles. The Morgan fingerprint density at radius 3 is 2.77 bits per heavy atom. The Hall–Kier alpha value is -2.30. The average Bonchev–Trinajstić information content (AvgIpc) is 3.15. The van der Waals surface area contributed by atoms with Crippen molar-refractivity contribution >= 4 is 15.9 Å². The van der Waals surface area contributed by atoms with E-state index in [-0.39, 0.29) is 23.2 Å². The highest BCUT2D eigenvalue weighted by Gasteiger charge is 2.21. The number of morpholine rings is 1. The Bertz CT molecular complexity index is 874. The number of amides is 1. The van der Waals surface area contributed by atoms with Gasteiger partial charge in [-0.05, 0) is 18.2 Å². The molecular formula is C16H20N4O5S. The van der Waals surface area contributed by atoms with Gasteiger partial charge in [-0.2, -0.15) is 4.98 Å². The molecule has 2 aromatic rings. The van der Waals surface area contributed by atoms with Crippen molar-refractivity contribution < 1.29 is 22.5 Å². The third-order valence-electron chi connectivity index (χ3n) is 3.93. The zero-order valence-corrected chi connectivity index (χ0v) is 15.2. The maximum absolute atomic E-state index is 12.5. The lowest BCUT2D eigenvalue weighted by atomic mass is 10.2. The summed E-state index contributed by atoms with van der Waals surface area (Å²) in [4.78, 5) is 18.2. The molecule has 3 rings (SSSR count). The van der Waals surface area contributed by atoms with Crippen LogP contribution in [0.15, 0.2) is 33.7 Å². The molecule has 1 saturated heterocycles. The first kappa shape index (κ1) is 18.5. The predicted octanol–water partition coefficient (Wildman–Crippen LogP) is 0.583. The molecule has 0 saturated carbocycles. The normalized spacial score (nSPS) is 15.2. The summed E-state index contributed by atoms with van der Waals surface area (Å²) < 4.78 is 37.6. The molecule has 0 atom stereocenters. The molecule has 1 fully saturated rings. The van der Waals surface area contributed by atoms with Crippen molar-refractivity contribution in [3.63, 3.8) is 0 Å². The molecule has 9 nitrogen and oxygen atoms in total. The summed E-state index contributed by atoms with van der Waals surface area (Å²) in [5.41, 5.74) is 0.320. The van der Waals surface area contributed by atoms with Crippen molar-refractivity contribution in [2.75, 3.05) is 26.3 Å². The number of rotatable bonds is 6. The van der Waals surface area contributed by atoms with Crippen LogP contribution in [0.3, 0.4) is 0 Å². The van der Waals surface area contributed by atoms with E-state index in [1.165, 1.54) is 12.1 Å². The monoisotopic (exact) mass is 380 g/mol. The molecule has 140 valence electrons. The van der Waals surface area contributed by atoms with Crippen LogP contribution >= 0.6 is 0 Å². The summed E-state index contributed by atoms with van der Waals surface area (Å²) in [5, 5.41) is 3.72. The second kappa shape index (κ2) is 7.94. The Morgan fingerprint density at radius 1 is 1.31 bits per heavy atom. The molecule has 1 aromatic heterocycles. The molecular weight excluding hydrogens is 360 g/mol. The first-order valence-electron chi connectivity index (χ1n) is 8.28. The van der Waals surface area contributed by atoms with Gasteiger partial charge in [0.15, 0.2) is 5.82 Å². The van der Waals surface area contributed by atoms with Crippen LogP contribution in [-0.4, -0.2) is 55.7 Å². The number of benzene rings is 1. The van der Waals surface area contributed by atoms with Crippen LogP contribution in [0.25, 0.3) is 0 Å². The van der Waals surface area contributed by atoms with Crippen molar-refractivity contribution in [1.82, 2.24) is 19.8 Å². The van der Waals surface area contributed by atoms with Crippen molar-refractivity contribution in [3.8, 4) is 0 Å². The zero-order chi connectivity index (χ0) is 18.6. The molecule has 0 spiro atoms. The number of aryl methyl sites for hydroxylation is 1. The van der Waals surface area contributed by atoms with Crippen LogP contribution in [0.2, 0.25) is 0 Å². The third kappa shape index (κ3) is 4.26. The number of sulfonamides is 1. The minimum Gasteiger partial charge on any atom is -0.378 e.